The van der Waals surface area contributed by atoms with E-state index in [-0.39, 0.29) is 32.0 Å². The minimum atomic E-state index is -4.39. The highest BCUT2D eigenvalue weighted by Crippen LogP contribution is 2.43. The third kappa shape index (κ3) is 56.3. The molecule has 0 aromatic heterocycles. The van der Waals surface area contributed by atoms with E-state index in [0.717, 1.165) is 89.9 Å². The van der Waals surface area contributed by atoms with Crippen LogP contribution in [-0.2, 0) is 32.7 Å². The van der Waals surface area contributed by atoms with Crippen LogP contribution in [0.25, 0.3) is 0 Å². The van der Waals surface area contributed by atoms with Crippen molar-refractivity contribution in [1.29, 1.82) is 0 Å². The fourth-order valence-electron chi connectivity index (χ4n) is 7.72. The number of phosphoric acid groups is 1. The number of hydrogen-bond donors (Lipinski definition) is 1. The average molecular weight is 1020 g/mol. The first-order valence-electron chi connectivity index (χ1n) is 28.8. The topological polar surface area (TPSA) is 108 Å². The highest BCUT2D eigenvalue weighted by molar-refractivity contribution is 7.47. The monoisotopic (exact) mass is 1010 g/mol. The number of carbonyl (C=O) groups excluding carboxylic acids is 2. The van der Waals surface area contributed by atoms with Crippen molar-refractivity contribution in [3.05, 3.63) is 85.1 Å². The van der Waals surface area contributed by atoms with Crippen LogP contribution in [0.4, 0.5) is 0 Å². The highest BCUT2D eigenvalue weighted by atomic mass is 31.2. The van der Waals surface area contributed by atoms with Gasteiger partial charge in [-0.15, -0.1) is 0 Å². The summed E-state index contributed by atoms with van der Waals surface area (Å²) in [5.74, 6) is -0.807. The summed E-state index contributed by atoms with van der Waals surface area (Å²) < 4.78 is 34.6. The lowest BCUT2D eigenvalue weighted by Gasteiger charge is -2.24. The lowest BCUT2D eigenvalue weighted by Crippen LogP contribution is -2.37. The van der Waals surface area contributed by atoms with E-state index in [4.69, 9.17) is 18.5 Å². The summed E-state index contributed by atoms with van der Waals surface area (Å²) in [5, 5.41) is 0. The number of hydrogen-bond acceptors (Lipinski definition) is 7. The van der Waals surface area contributed by atoms with E-state index < -0.39 is 26.5 Å². The second-order valence-electron chi connectivity index (χ2n) is 20.3. The number of unbranched alkanes of at least 4 members (excludes halogenated alkanes) is 24. The Hall–Kier alpha value is -2.81. The Labute approximate surface area is 437 Å². The first kappa shape index (κ1) is 68.2. The molecule has 10 heteroatoms. The van der Waals surface area contributed by atoms with Gasteiger partial charge in [0, 0.05) is 12.8 Å². The molecule has 0 amide bonds. The zero-order valence-corrected chi connectivity index (χ0v) is 47.3. The van der Waals surface area contributed by atoms with Crippen LogP contribution < -0.4 is 0 Å². The zero-order chi connectivity index (χ0) is 52.0. The van der Waals surface area contributed by atoms with Gasteiger partial charge in [0.2, 0.25) is 0 Å². The van der Waals surface area contributed by atoms with Crippen LogP contribution in [0.5, 0.6) is 0 Å². The van der Waals surface area contributed by atoms with Crippen molar-refractivity contribution in [2.24, 2.45) is 0 Å². The van der Waals surface area contributed by atoms with Crippen LogP contribution in [0.15, 0.2) is 85.1 Å². The van der Waals surface area contributed by atoms with Crippen molar-refractivity contribution in [2.75, 3.05) is 47.5 Å². The summed E-state index contributed by atoms with van der Waals surface area (Å²) >= 11 is 0. The molecule has 2 atom stereocenters. The number of rotatable bonds is 52. The van der Waals surface area contributed by atoms with Gasteiger partial charge in [0.15, 0.2) is 6.10 Å². The molecule has 0 bridgehead atoms. The molecular formula is C61H109NO8P+. The first-order chi connectivity index (χ1) is 34.5. The van der Waals surface area contributed by atoms with Crippen molar-refractivity contribution >= 4 is 19.8 Å². The lowest BCUT2D eigenvalue weighted by molar-refractivity contribution is -0.870. The van der Waals surface area contributed by atoms with E-state index in [1.807, 2.05) is 21.1 Å². The summed E-state index contributed by atoms with van der Waals surface area (Å²) in [5.41, 5.74) is 0. The summed E-state index contributed by atoms with van der Waals surface area (Å²) in [7, 11) is 1.47. The molecule has 0 radical (unpaired) electrons. The third-order valence-corrected chi connectivity index (χ3v) is 13.1. The quantitative estimate of drug-likeness (QED) is 0.0211. The molecule has 0 spiro atoms. The molecule has 410 valence electrons. The summed E-state index contributed by atoms with van der Waals surface area (Å²) in [6, 6.07) is 0. The lowest BCUT2D eigenvalue weighted by atomic mass is 10.0. The Morgan fingerprint density at radius 2 is 0.803 bits per heavy atom. The molecule has 0 saturated heterocycles. The van der Waals surface area contributed by atoms with Gasteiger partial charge in [0.05, 0.1) is 27.7 Å². The molecule has 9 nitrogen and oxygen atoms in total. The summed E-state index contributed by atoms with van der Waals surface area (Å²) in [6.07, 6.45) is 69.3. The molecule has 71 heavy (non-hydrogen) atoms. The predicted octanol–water partition coefficient (Wildman–Crippen LogP) is 17.9. The number of ether oxygens (including phenoxy) is 2. The summed E-state index contributed by atoms with van der Waals surface area (Å²) in [6.45, 7) is 4.30. The number of carbonyl (C=O) groups is 2. The Bertz CT molecular complexity index is 1470. The van der Waals surface area contributed by atoms with Crippen LogP contribution in [-0.4, -0.2) is 74.9 Å². The maximum atomic E-state index is 12.8. The third-order valence-electron chi connectivity index (χ3n) is 12.2. The van der Waals surface area contributed by atoms with Crippen molar-refractivity contribution in [1.82, 2.24) is 0 Å². The number of phosphoric ester groups is 1. The second-order valence-corrected chi connectivity index (χ2v) is 21.7. The first-order valence-corrected chi connectivity index (χ1v) is 30.3. The Morgan fingerprint density at radius 1 is 0.451 bits per heavy atom. The Kier molecular flexibility index (Phi) is 50.0. The highest BCUT2D eigenvalue weighted by Gasteiger charge is 2.27. The zero-order valence-electron chi connectivity index (χ0n) is 46.4. The van der Waals surface area contributed by atoms with Crippen molar-refractivity contribution in [3.8, 4) is 0 Å². The standard InChI is InChI=1S/C61H108NO8P/c1-6-8-10-12-14-16-18-20-22-24-26-27-28-29-30-31-32-33-34-35-36-38-40-42-44-46-48-50-52-54-61(64)70-59(58-69-71(65,66)68-56-55-62(3,4)5)57-67-60(63)53-51-49-47-45-43-41-39-37-25-23-21-19-17-15-13-11-9-7-2/h8,10,14,16-17,19-20,22-23,25-27,29-30,59H,6-7,9,11-13,15,18,21,24,28,31-58H2,1-5H3/p+1/b10-8-,16-14-,19-17-,22-20-,25-23-,27-26-,30-29-. The molecule has 0 fully saturated rings. The van der Waals surface area contributed by atoms with Gasteiger partial charge in [-0.2, -0.15) is 0 Å². The molecule has 0 rings (SSSR count). The van der Waals surface area contributed by atoms with Crippen LogP contribution in [0, 0.1) is 0 Å². The molecule has 2 unspecified atom stereocenters. The Balaban J connectivity index is 4.16. The number of esters is 2. The molecule has 0 aromatic carbocycles. The second kappa shape index (κ2) is 52.1. The van der Waals surface area contributed by atoms with Crippen LogP contribution in [0.3, 0.4) is 0 Å². The maximum Gasteiger partial charge on any atom is 0.472 e. The van der Waals surface area contributed by atoms with Gasteiger partial charge >= 0.3 is 19.8 Å². The normalized spacial score (nSPS) is 13.9. The van der Waals surface area contributed by atoms with Crippen molar-refractivity contribution in [2.45, 2.75) is 245 Å². The van der Waals surface area contributed by atoms with Gasteiger partial charge in [-0.3, -0.25) is 18.6 Å². The minimum Gasteiger partial charge on any atom is -0.462 e. The molecule has 0 aromatic rings. The molecule has 0 heterocycles. The van der Waals surface area contributed by atoms with E-state index in [9.17, 15) is 19.0 Å². The van der Waals surface area contributed by atoms with Crippen LogP contribution >= 0.6 is 7.82 Å². The largest absolute Gasteiger partial charge is 0.472 e. The van der Waals surface area contributed by atoms with E-state index in [2.05, 4.69) is 98.9 Å². The average Bonchev–Trinajstić information content (AvgIpc) is 3.33. The number of likely N-dealkylation sites (N-methyl/N-ethyl adjacent to an activating group) is 1. The van der Waals surface area contributed by atoms with Crippen molar-refractivity contribution in [3.63, 3.8) is 0 Å². The maximum absolute atomic E-state index is 12.8. The summed E-state index contributed by atoms with van der Waals surface area (Å²) in [4.78, 5) is 35.7. The van der Waals surface area contributed by atoms with E-state index in [1.165, 1.54) is 116 Å². The predicted molar refractivity (Wildman–Crippen MR) is 302 cm³/mol. The number of allylic oxidation sites excluding steroid dienone is 14. The molecule has 0 saturated carbocycles. The SMILES string of the molecule is CC/C=C\C/C=C\C/C=C\C/C=C\C/C=C\CCCCCCCCCCCCCCCC(=O)OC(COC(=O)CCCCCCCCC/C=C\C/C=C\CCCCCC)COP(=O)(O)OCC[N+](C)(C)C. The fourth-order valence-corrected chi connectivity index (χ4v) is 8.46. The van der Waals surface area contributed by atoms with E-state index >= 15 is 0 Å². The van der Waals surface area contributed by atoms with Gasteiger partial charge < -0.3 is 18.9 Å². The van der Waals surface area contributed by atoms with Gasteiger partial charge in [0.1, 0.15) is 19.8 Å². The van der Waals surface area contributed by atoms with Gasteiger partial charge in [-0.1, -0.05) is 221 Å². The van der Waals surface area contributed by atoms with Crippen LogP contribution in [0.2, 0.25) is 0 Å². The van der Waals surface area contributed by atoms with E-state index in [1.54, 1.807) is 0 Å². The van der Waals surface area contributed by atoms with Gasteiger partial charge in [-0.05, 0) is 89.9 Å². The molecule has 0 aliphatic rings. The molecule has 0 aliphatic heterocycles. The van der Waals surface area contributed by atoms with Gasteiger partial charge in [0.25, 0.3) is 0 Å². The van der Waals surface area contributed by atoms with E-state index in [0.29, 0.717) is 17.4 Å². The molecule has 1 N–H and O–H groups in total. The minimum absolute atomic E-state index is 0.0272. The van der Waals surface area contributed by atoms with Crippen LogP contribution in [0.1, 0.15) is 239 Å². The number of nitrogens with zero attached hydrogens (tertiary/aromatic N) is 1. The molecule has 0 aliphatic carbocycles. The van der Waals surface area contributed by atoms with Crippen molar-refractivity contribution < 1.29 is 42.1 Å². The fraction of sp³-hybridized carbons (Fsp3) is 0.738. The molecular weight excluding hydrogens is 906 g/mol. The smallest absolute Gasteiger partial charge is 0.462 e. The Morgan fingerprint density at radius 3 is 1.20 bits per heavy atom. The number of quaternary nitrogens is 1. The van der Waals surface area contributed by atoms with Gasteiger partial charge in [-0.25, -0.2) is 4.57 Å².